The van der Waals surface area contributed by atoms with Crippen molar-refractivity contribution in [2.75, 3.05) is 0 Å². The fourth-order valence-electron chi connectivity index (χ4n) is 1.79. The Hall–Kier alpha value is -1.20. The smallest absolute Gasteiger partial charge is 0.400 e. The maximum Gasteiger partial charge on any atom is 0.487 e. The third-order valence-corrected chi connectivity index (χ3v) is 3.66. The van der Waals surface area contributed by atoms with E-state index in [4.69, 9.17) is 9.31 Å². The van der Waals surface area contributed by atoms with E-state index >= 15 is 0 Å². The first-order valence-electron chi connectivity index (χ1n) is 6.20. The fourth-order valence-corrected chi connectivity index (χ4v) is 1.79. The molecular weight excluding hydrogens is 249 g/mol. The molecule has 0 radical (unpaired) electrons. The van der Waals surface area contributed by atoms with Crippen LogP contribution in [0.15, 0.2) is 24.2 Å². The average molecular weight is 266 g/mol. The van der Waals surface area contributed by atoms with Gasteiger partial charge in [-0.3, -0.25) is 0 Å². The van der Waals surface area contributed by atoms with Gasteiger partial charge in [0.05, 0.1) is 11.2 Å². The van der Waals surface area contributed by atoms with Gasteiger partial charge >= 0.3 is 7.12 Å². The van der Waals surface area contributed by atoms with Crippen LogP contribution in [0.4, 0.5) is 8.78 Å². The highest BCUT2D eigenvalue weighted by molar-refractivity contribution is 6.52. The van der Waals surface area contributed by atoms with Crippen LogP contribution < -0.4 is 0 Å². The molecule has 0 aromatic heterocycles. The molecule has 1 aromatic rings. The van der Waals surface area contributed by atoms with E-state index < -0.39 is 30.0 Å². The SMILES string of the molecule is CC1(C)OB(C=Cc2cc(F)ccc2F)OC1(C)C. The van der Waals surface area contributed by atoms with E-state index in [1.54, 1.807) is 5.98 Å². The summed E-state index contributed by atoms with van der Waals surface area (Å²) in [5, 5.41) is 0. The van der Waals surface area contributed by atoms with E-state index in [0.29, 0.717) is 0 Å². The van der Waals surface area contributed by atoms with Gasteiger partial charge in [-0.15, -0.1) is 0 Å². The Labute approximate surface area is 112 Å². The van der Waals surface area contributed by atoms with Crippen molar-refractivity contribution in [2.24, 2.45) is 0 Å². The zero-order valence-corrected chi connectivity index (χ0v) is 11.5. The van der Waals surface area contributed by atoms with Crippen molar-refractivity contribution in [3.8, 4) is 0 Å². The van der Waals surface area contributed by atoms with Crippen molar-refractivity contribution in [1.82, 2.24) is 0 Å². The van der Waals surface area contributed by atoms with Crippen molar-refractivity contribution >= 4 is 13.2 Å². The minimum absolute atomic E-state index is 0.176. The predicted octanol–water partition coefficient (Wildman–Crippen LogP) is 3.61. The van der Waals surface area contributed by atoms with Crippen molar-refractivity contribution in [3.05, 3.63) is 41.4 Å². The second kappa shape index (κ2) is 4.73. The summed E-state index contributed by atoms with van der Waals surface area (Å²) in [5.74, 6) is 0.637. The summed E-state index contributed by atoms with van der Waals surface area (Å²) in [6.07, 6.45) is 1.47. The highest BCUT2D eigenvalue weighted by Gasteiger charge is 2.49. The number of benzene rings is 1. The lowest BCUT2D eigenvalue weighted by Crippen LogP contribution is -2.41. The molecule has 1 aliphatic rings. The molecule has 1 saturated heterocycles. The number of rotatable bonds is 2. The van der Waals surface area contributed by atoms with Gasteiger partial charge in [-0.1, -0.05) is 12.1 Å². The van der Waals surface area contributed by atoms with Crippen molar-refractivity contribution in [1.29, 1.82) is 0 Å². The van der Waals surface area contributed by atoms with Crippen LogP contribution in [0.3, 0.4) is 0 Å². The van der Waals surface area contributed by atoms with Gasteiger partial charge in [0, 0.05) is 5.56 Å². The van der Waals surface area contributed by atoms with Crippen molar-refractivity contribution < 1.29 is 18.1 Å². The normalized spacial score (nSPS) is 21.3. The predicted molar refractivity (Wildman–Crippen MR) is 71.5 cm³/mol. The van der Waals surface area contributed by atoms with Gasteiger partial charge in [0.2, 0.25) is 0 Å². The maximum absolute atomic E-state index is 13.4. The summed E-state index contributed by atoms with van der Waals surface area (Å²) >= 11 is 0. The molecule has 0 atom stereocenters. The van der Waals surface area contributed by atoms with Crippen LogP contribution in [-0.4, -0.2) is 18.3 Å². The van der Waals surface area contributed by atoms with Gasteiger partial charge in [-0.2, -0.15) is 0 Å². The lowest BCUT2D eigenvalue weighted by Gasteiger charge is -2.32. The third kappa shape index (κ3) is 2.87. The first-order chi connectivity index (χ1) is 8.71. The van der Waals surface area contributed by atoms with Crippen molar-refractivity contribution in [2.45, 2.75) is 38.9 Å². The molecule has 2 rings (SSSR count). The van der Waals surface area contributed by atoms with Gasteiger partial charge < -0.3 is 9.31 Å². The highest BCUT2D eigenvalue weighted by atomic mass is 19.1. The molecule has 1 aliphatic heterocycles. The van der Waals surface area contributed by atoms with Crippen LogP contribution in [0.25, 0.3) is 6.08 Å². The molecule has 0 bridgehead atoms. The lowest BCUT2D eigenvalue weighted by molar-refractivity contribution is 0.00578. The van der Waals surface area contributed by atoms with Gasteiger partial charge in [0.1, 0.15) is 11.6 Å². The van der Waals surface area contributed by atoms with E-state index in [0.717, 1.165) is 18.2 Å². The second-order valence-electron chi connectivity index (χ2n) is 5.65. The van der Waals surface area contributed by atoms with Gasteiger partial charge in [-0.25, -0.2) is 8.78 Å². The molecule has 0 aliphatic carbocycles. The molecule has 0 spiro atoms. The summed E-state index contributed by atoms with van der Waals surface area (Å²) in [7, 11) is -0.562. The topological polar surface area (TPSA) is 18.5 Å². The number of hydrogen-bond acceptors (Lipinski definition) is 2. The first-order valence-corrected chi connectivity index (χ1v) is 6.20. The summed E-state index contributed by atoms with van der Waals surface area (Å²) in [6.45, 7) is 7.74. The van der Waals surface area contributed by atoms with E-state index in [-0.39, 0.29) is 5.56 Å². The molecule has 2 nitrogen and oxygen atoms in total. The molecule has 0 saturated carbocycles. The second-order valence-corrected chi connectivity index (χ2v) is 5.65. The van der Waals surface area contributed by atoms with Gasteiger partial charge in [-0.05, 0) is 45.9 Å². The number of halogens is 2. The largest absolute Gasteiger partial charge is 0.487 e. The zero-order valence-electron chi connectivity index (χ0n) is 11.5. The molecule has 0 unspecified atom stereocenters. The van der Waals surface area contributed by atoms with E-state index in [9.17, 15) is 8.78 Å². The fraction of sp³-hybridized carbons (Fsp3) is 0.429. The Morgan fingerprint density at radius 3 is 2.21 bits per heavy atom. The Morgan fingerprint density at radius 2 is 1.63 bits per heavy atom. The Kier molecular flexibility index (Phi) is 3.54. The molecule has 102 valence electrons. The van der Waals surface area contributed by atoms with E-state index in [2.05, 4.69) is 0 Å². The minimum Gasteiger partial charge on any atom is -0.400 e. The van der Waals surface area contributed by atoms with Crippen LogP contribution in [-0.2, 0) is 9.31 Å². The van der Waals surface area contributed by atoms with Crippen LogP contribution in [0.1, 0.15) is 33.3 Å². The molecule has 1 heterocycles. The Bertz CT molecular complexity index is 496. The van der Waals surface area contributed by atoms with Crippen LogP contribution in [0.5, 0.6) is 0 Å². The average Bonchev–Trinajstić information content (AvgIpc) is 2.49. The summed E-state index contributed by atoms with van der Waals surface area (Å²) in [5.41, 5.74) is -0.708. The zero-order chi connectivity index (χ0) is 14.3. The molecule has 1 fully saturated rings. The molecule has 1 aromatic carbocycles. The summed E-state index contributed by atoms with van der Waals surface area (Å²) in [4.78, 5) is 0. The molecule has 0 amide bonds. The number of hydrogen-bond donors (Lipinski definition) is 0. The molecule has 19 heavy (non-hydrogen) atoms. The van der Waals surface area contributed by atoms with Crippen molar-refractivity contribution in [3.63, 3.8) is 0 Å². The first kappa shape index (κ1) is 14.2. The maximum atomic E-state index is 13.4. The highest BCUT2D eigenvalue weighted by Crippen LogP contribution is 2.37. The summed E-state index contributed by atoms with van der Waals surface area (Å²) in [6, 6.07) is 3.32. The standard InChI is InChI=1S/C14H17BF2O2/c1-13(2)14(3,4)19-15(18-13)8-7-10-9-11(16)5-6-12(10)17/h5-9H,1-4H3. The Morgan fingerprint density at radius 1 is 1.05 bits per heavy atom. The Balaban J connectivity index is 2.15. The van der Waals surface area contributed by atoms with Crippen LogP contribution in [0.2, 0.25) is 0 Å². The van der Waals surface area contributed by atoms with Gasteiger partial charge in [0.15, 0.2) is 0 Å². The van der Waals surface area contributed by atoms with E-state index in [1.165, 1.54) is 6.08 Å². The van der Waals surface area contributed by atoms with Crippen LogP contribution in [0, 0.1) is 11.6 Å². The molecule has 0 N–H and O–H groups in total. The monoisotopic (exact) mass is 266 g/mol. The quantitative estimate of drug-likeness (QED) is 0.761. The molecular formula is C14H17BF2O2. The van der Waals surface area contributed by atoms with Crippen LogP contribution >= 0.6 is 0 Å². The summed E-state index contributed by atoms with van der Waals surface area (Å²) < 4.78 is 37.9. The molecule has 5 heteroatoms. The third-order valence-electron chi connectivity index (χ3n) is 3.66. The van der Waals surface area contributed by atoms with E-state index in [1.807, 2.05) is 27.7 Å². The lowest BCUT2D eigenvalue weighted by atomic mass is 9.89. The minimum atomic E-state index is -0.562. The van der Waals surface area contributed by atoms with Gasteiger partial charge in [0.25, 0.3) is 0 Å².